The Balaban J connectivity index is 2.07. The molecule has 0 aliphatic heterocycles. The fourth-order valence-electron chi connectivity index (χ4n) is 1.45. The molecule has 1 aromatic heterocycles. The maximum absolute atomic E-state index is 12.1. The van der Waals surface area contributed by atoms with Gasteiger partial charge in [-0.1, -0.05) is 11.6 Å². The van der Waals surface area contributed by atoms with E-state index in [0.29, 0.717) is 5.69 Å². The SMILES string of the molecule is N#CC(=CNc1ccc(OCC(F)(F)F)c(Cl)c1)c1nn[nH]n1. The van der Waals surface area contributed by atoms with Crippen LogP contribution in [-0.2, 0) is 0 Å². The van der Waals surface area contributed by atoms with Crippen molar-refractivity contribution in [3.05, 3.63) is 35.2 Å². The highest BCUT2D eigenvalue weighted by molar-refractivity contribution is 6.32. The molecule has 0 saturated heterocycles. The minimum atomic E-state index is -4.45. The number of hydrogen-bond donors (Lipinski definition) is 2. The quantitative estimate of drug-likeness (QED) is 0.809. The molecular weight excluding hydrogens is 337 g/mol. The monoisotopic (exact) mass is 344 g/mol. The van der Waals surface area contributed by atoms with Gasteiger partial charge in [0.2, 0.25) is 5.82 Å². The summed E-state index contributed by atoms with van der Waals surface area (Å²) in [6.45, 7) is -1.43. The zero-order valence-corrected chi connectivity index (χ0v) is 12.0. The van der Waals surface area contributed by atoms with Crippen LogP contribution in [0.4, 0.5) is 18.9 Å². The summed E-state index contributed by atoms with van der Waals surface area (Å²) in [4.78, 5) is 0. The smallest absolute Gasteiger partial charge is 0.422 e. The molecule has 2 rings (SSSR count). The Kier molecular flexibility index (Phi) is 5.02. The van der Waals surface area contributed by atoms with Crippen LogP contribution in [0, 0.1) is 11.3 Å². The summed E-state index contributed by atoms with van der Waals surface area (Å²) in [5.74, 6) is -0.00609. The Morgan fingerprint density at radius 1 is 1.48 bits per heavy atom. The number of rotatable bonds is 5. The molecule has 1 heterocycles. The highest BCUT2D eigenvalue weighted by Gasteiger charge is 2.28. The van der Waals surface area contributed by atoms with Crippen molar-refractivity contribution >= 4 is 22.9 Å². The van der Waals surface area contributed by atoms with E-state index in [-0.39, 0.29) is 22.2 Å². The molecule has 2 aromatic rings. The number of alkyl halides is 3. The second-order valence-corrected chi connectivity index (χ2v) is 4.51. The number of halogens is 4. The number of nitrogens with one attached hydrogen (secondary N) is 2. The number of nitriles is 1. The Hall–Kier alpha value is -2.80. The lowest BCUT2D eigenvalue weighted by molar-refractivity contribution is -0.153. The van der Waals surface area contributed by atoms with E-state index in [9.17, 15) is 13.2 Å². The van der Waals surface area contributed by atoms with Crippen LogP contribution in [0.3, 0.4) is 0 Å². The van der Waals surface area contributed by atoms with Crippen LogP contribution >= 0.6 is 11.6 Å². The summed E-state index contributed by atoms with van der Waals surface area (Å²) >= 11 is 5.85. The highest BCUT2D eigenvalue weighted by atomic mass is 35.5. The number of benzene rings is 1. The largest absolute Gasteiger partial charge is 0.483 e. The predicted octanol–water partition coefficient (Wildman–Crippen LogP) is 2.77. The van der Waals surface area contributed by atoms with Gasteiger partial charge in [0, 0.05) is 11.9 Å². The summed E-state index contributed by atoms with van der Waals surface area (Å²) in [5.41, 5.74) is 0.540. The van der Waals surface area contributed by atoms with Gasteiger partial charge in [0.1, 0.15) is 17.4 Å². The predicted molar refractivity (Wildman–Crippen MR) is 74.4 cm³/mol. The molecule has 0 unspecified atom stereocenters. The number of tetrazole rings is 1. The lowest BCUT2D eigenvalue weighted by Gasteiger charge is -2.11. The first-order chi connectivity index (χ1) is 10.9. The Bertz CT molecular complexity index is 738. The van der Waals surface area contributed by atoms with Gasteiger partial charge in [0.05, 0.1) is 5.02 Å². The van der Waals surface area contributed by atoms with E-state index in [4.69, 9.17) is 16.9 Å². The molecule has 2 N–H and O–H groups in total. The van der Waals surface area contributed by atoms with Crippen molar-refractivity contribution in [3.63, 3.8) is 0 Å². The minimum Gasteiger partial charge on any atom is -0.483 e. The van der Waals surface area contributed by atoms with Crippen LogP contribution in [0.5, 0.6) is 5.75 Å². The molecule has 11 heteroatoms. The summed E-state index contributed by atoms with van der Waals surface area (Å²) in [7, 11) is 0. The normalized spacial score (nSPS) is 11.9. The third-order valence-corrected chi connectivity index (χ3v) is 2.71. The van der Waals surface area contributed by atoms with Gasteiger partial charge in [-0.05, 0) is 23.4 Å². The summed E-state index contributed by atoms with van der Waals surface area (Å²) in [6, 6.07) is 5.95. The molecule has 120 valence electrons. The third-order valence-electron chi connectivity index (χ3n) is 2.41. The molecule has 7 nitrogen and oxygen atoms in total. The number of allylic oxidation sites excluding steroid dienone is 1. The number of aromatic amines is 1. The van der Waals surface area contributed by atoms with Crippen LogP contribution in [-0.4, -0.2) is 33.4 Å². The van der Waals surface area contributed by atoms with Gasteiger partial charge in [0.15, 0.2) is 6.61 Å². The molecule has 0 saturated carbocycles. The molecule has 0 aliphatic carbocycles. The first kappa shape index (κ1) is 16.6. The highest BCUT2D eigenvalue weighted by Crippen LogP contribution is 2.29. The van der Waals surface area contributed by atoms with Crippen molar-refractivity contribution in [2.24, 2.45) is 0 Å². The molecule has 0 bridgehead atoms. The number of ether oxygens (including phenoxy) is 1. The molecule has 23 heavy (non-hydrogen) atoms. The van der Waals surface area contributed by atoms with Gasteiger partial charge in [-0.15, -0.1) is 10.2 Å². The van der Waals surface area contributed by atoms with Crippen molar-refractivity contribution in [2.75, 3.05) is 11.9 Å². The fraction of sp³-hybridized carbons (Fsp3) is 0.167. The second kappa shape index (κ2) is 6.97. The Labute approximate surface area is 132 Å². The van der Waals surface area contributed by atoms with Crippen LogP contribution in [0.15, 0.2) is 24.4 Å². The molecule has 0 spiro atoms. The van der Waals surface area contributed by atoms with Crippen LogP contribution in [0.25, 0.3) is 5.57 Å². The number of H-pyrrole nitrogens is 1. The van der Waals surface area contributed by atoms with E-state index < -0.39 is 12.8 Å². The second-order valence-electron chi connectivity index (χ2n) is 4.10. The lowest BCUT2D eigenvalue weighted by atomic mass is 10.2. The molecule has 0 radical (unpaired) electrons. The molecular formula is C12H8ClF3N6O. The lowest BCUT2D eigenvalue weighted by Crippen LogP contribution is -2.19. The van der Waals surface area contributed by atoms with Crippen molar-refractivity contribution in [1.29, 1.82) is 5.26 Å². The molecule has 0 fully saturated rings. The molecule has 1 aromatic carbocycles. The summed E-state index contributed by atoms with van der Waals surface area (Å²) in [6.07, 6.45) is -3.14. The fourth-order valence-corrected chi connectivity index (χ4v) is 1.68. The number of anilines is 1. The van der Waals surface area contributed by atoms with Crippen LogP contribution < -0.4 is 10.1 Å². The zero-order chi connectivity index (χ0) is 16.9. The van der Waals surface area contributed by atoms with E-state index in [1.54, 1.807) is 0 Å². The van der Waals surface area contributed by atoms with Gasteiger partial charge in [-0.3, -0.25) is 0 Å². The van der Waals surface area contributed by atoms with Crippen molar-refractivity contribution in [3.8, 4) is 11.8 Å². The van der Waals surface area contributed by atoms with E-state index in [2.05, 4.69) is 30.7 Å². The van der Waals surface area contributed by atoms with Gasteiger partial charge in [0.25, 0.3) is 0 Å². The van der Waals surface area contributed by atoms with Crippen LogP contribution in [0.2, 0.25) is 5.02 Å². The van der Waals surface area contributed by atoms with Gasteiger partial charge < -0.3 is 10.1 Å². The van der Waals surface area contributed by atoms with Crippen molar-refractivity contribution in [1.82, 2.24) is 20.6 Å². The molecule has 0 atom stereocenters. The van der Waals surface area contributed by atoms with Crippen LogP contribution in [0.1, 0.15) is 5.82 Å². The standard InChI is InChI=1S/C12H8ClF3N6O/c13-9-3-8(1-2-10(9)23-6-12(14,15)16)18-5-7(4-17)11-19-21-22-20-11/h1-3,5,18H,6H2,(H,19,20,21,22). The average molecular weight is 345 g/mol. The zero-order valence-electron chi connectivity index (χ0n) is 11.2. The van der Waals surface area contributed by atoms with E-state index >= 15 is 0 Å². The molecule has 0 amide bonds. The maximum Gasteiger partial charge on any atom is 0.422 e. The number of aromatic nitrogens is 4. The van der Waals surface area contributed by atoms with E-state index in [1.165, 1.54) is 24.4 Å². The maximum atomic E-state index is 12.1. The van der Waals surface area contributed by atoms with Crippen molar-refractivity contribution in [2.45, 2.75) is 6.18 Å². The van der Waals surface area contributed by atoms with Gasteiger partial charge in [-0.2, -0.15) is 23.6 Å². The summed E-state index contributed by atoms with van der Waals surface area (Å²) in [5, 5.41) is 24.6. The van der Waals surface area contributed by atoms with E-state index in [0.717, 1.165) is 0 Å². The minimum absolute atomic E-state index is 0.00859. The first-order valence-electron chi connectivity index (χ1n) is 5.99. The van der Waals surface area contributed by atoms with Crippen molar-refractivity contribution < 1.29 is 17.9 Å². The number of hydrogen-bond acceptors (Lipinski definition) is 6. The first-order valence-corrected chi connectivity index (χ1v) is 6.36. The topological polar surface area (TPSA) is 99.5 Å². The van der Waals surface area contributed by atoms with E-state index in [1.807, 2.05) is 6.07 Å². The van der Waals surface area contributed by atoms with Gasteiger partial charge in [-0.25, -0.2) is 0 Å². The summed E-state index contributed by atoms with van der Waals surface area (Å²) < 4.78 is 40.9. The van der Waals surface area contributed by atoms with Gasteiger partial charge >= 0.3 is 6.18 Å². The Morgan fingerprint density at radius 2 is 2.26 bits per heavy atom. The molecule has 0 aliphatic rings. The third kappa shape index (κ3) is 4.86. The number of nitrogens with zero attached hydrogens (tertiary/aromatic N) is 4. The Morgan fingerprint density at radius 3 is 2.83 bits per heavy atom. The average Bonchev–Trinajstić information content (AvgIpc) is 3.00.